The Hall–Kier alpha value is -0.120. The van der Waals surface area contributed by atoms with Crippen molar-refractivity contribution in [3.8, 4) is 0 Å². The minimum atomic E-state index is 0.262. The molecule has 0 aliphatic carbocycles. The number of hydrogen-bond donors (Lipinski definition) is 2. The SMILES string of the molecule is CCC(CC)N(CCO)CC(CC)(CC)CNC(C)C. The lowest BCUT2D eigenvalue weighted by atomic mass is 9.81. The fourth-order valence-corrected chi connectivity index (χ4v) is 2.96. The Morgan fingerprint density at radius 1 is 1.05 bits per heavy atom. The van der Waals surface area contributed by atoms with Gasteiger partial charge in [0.25, 0.3) is 0 Å². The van der Waals surface area contributed by atoms with Crippen LogP contribution in [0, 0.1) is 5.41 Å². The van der Waals surface area contributed by atoms with Crippen LogP contribution in [0.5, 0.6) is 0 Å². The van der Waals surface area contributed by atoms with Gasteiger partial charge in [0.2, 0.25) is 0 Å². The fourth-order valence-electron chi connectivity index (χ4n) is 2.96. The van der Waals surface area contributed by atoms with Gasteiger partial charge in [0.15, 0.2) is 0 Å². The van der Waals surface area contributed by atoms with Gasteiger partial charge in [-0.25, -0.2) is 0 Å². The summed E-state index contributed by atoms with van der Waals surface area (Å²) in [7, 11) is 0. The summed E-state index contributed by atoms with van der Waals surface area (Å²) in [5.41, 5.74) is 0.321. The molecule has 0 aliphatic heterocycles. The number of nitrogens with one attached hydrogen (secondary N) is 1. The molecule has 0 saturated heterocycles. The maximum atomic E-state index is 9.38. The van der Waals surface area contributed by atoms with Crippen LogP contribution in [0.4, 0.5) is 0 Å². The molecule has 0 aromatic heterocycles. The third-order valence-corrected chi connectivity index (χ3v) is 4.77. The Balaban J connectivity index is 4.87. The van der Waals surface area contributed by atoms with E-state index < -0.39 is 0 Å². The largest absolute Gasteiger partial charge is 0.395 e. The minimum absolute atomic E-state index is 0.262. The molecular formula is C17H38N2O. The molecular weight excluding hydrogens is 248 g/mol. The van der Waals surface area contributed by atoms with Gasteiger partial charge in [-0.15, -0.1) is 0 Å². The number of rotatable bonds is 12. The molecule has 0 spiro atoms. The van der Waals surface area contributed by atoms with Crippen molar-refractivity contribution in [1.29, 1.82) is 0 Å². The molecule has 0 aromatic carbocycles. The van der Waals surface area contributed by atoms with Gasteiger partial charge in [0.05, 0.1) is 6.61 Å². The molecule has 0 saturated carbocycles. The molecule has 0 bridgehead atoms. The Kier molecular flexibility index (Phi) is 10.5. The van der Waals surface area contributed by atoms with E-state index >= 15 is 0 Å². The van der Waals surface area contributed by atoms with E-state index in [0.717, 1.165) is 32.5 Å². The monoisotopic (exact) mass is 286 g/mol. The van der Waals surface area contributed by atoms with Crippen molar-refractivity contribution in [2.45, 2.75) is 79.3 Å². The smallest absolute Gasteiger partial charge is 0.0558 e. The summed E-state index contributed by atoms with van der Waals surface area (Å²) in [5, 5.41) is 13.0. The van der Waals surface area contributed by atoms with E-state index in [-0.39, 0.29) is 6.61 Å². The van der Waals surface area contributed by atoms with Gasteiger partial charge in [-0.1, -0.05) is 41.5 Å². The van der Waals surface area contributed by atoms with Gasteiger partial charge in [0, 0.05) is 31.7 Å². The van der Waals surface area contributed by atoms with Crippen LogP contribution in [0.25, 0.3) is 0 Å². The predicted molar refractivity (Wildman–Crippen MR) is 89.2 cm³/mol. The predicted octanol–water partition coefficient (Wildman–Crippen LogP) is 3.27. The Bertz CT molecular complexity index is 223. The first kappa shape index (κ1) is 19.9. The first-order valence-corrected chi connectivity index (χ1v) is 8.56. The maximum absolute atomic E-state index is 9.38. The second kappa shape index (κ2) is 10.6. The average Bonchev–Trinajstić information content (AvgIpc) is 2.44. The quantitative estimate of drug-likeness (QED) is 0.578. The van der Waals surface area contributed by atoms with Crippen molar-refractivity contribution in [2.24, 2.45) is 5.41 Å². The molecule has 0 unspecified atom stereocenters. The van der Waals surface area contributed by atoms with Crippen LogP contribution < -0.4 is 5.32 Å². The third-order valence-electron chi connectivity index (χ3n) is 4.77. The van der Waals surface area contributed by atoms with Crippen LogP contribution in [0.15, 0.2) is 0 Å². The highest BCUT2D eigenvalue weighted by atomic mass is 16.3. The topological polar surface area (TPSA) is 35.5 Å². The first-order chi connectivity index (χ1) is 9.48. The van der Waals surface area contributed by atoms with Crippen LogP contribution in [-0.4, -0.2) is 48.3 Å². The van der Waals surface area contributed by atoms with E-state index in [1.54, 1.807) is 0 Å². The van der Waals surface area contributed by atoms with Crippen LogP contribution in [0.1, 0.15) is 67.2 Å². The van der Waals surface area contributed by atoms with E-state index in [1.165, 1.54) is 12.8 Å². The van der Waals surface area contributed by atoms with Gasteiger partial charge >= 0.3 is 0 Å². The van der Waals surface area contributed by atoms with Gasteiger partial charge in [0.1, 0.15) is 0 Å². The molecule has 0 amide bonds. The molecule has 0 aliphatic rings. The molecule has 3 nitrogen and oxygen atoms in total. The Labute approximate surface area is 127 Å². The second-order valence-electron chi connectivity index (χ2n) is 6.41. The summed E-state index contributed by atoms with van der Waals surface area (Å²) in [6, 6.07) is 1.13. The molecule has 0 fully saturated rings. The summed E-state index contributed by atoms with van der Waals surface area (Å²) >= 11 is 0. The number of hydrogen-bond acceptors (Lipinski definition) is 3. The molecule has 0 radical (unpaired) electrons. The van der Waals surface area contributed by atoms with Gasteiger partial charge in [-0.2, -0.15) is 0 Å². The molecule has 0 atom stereocenters. The van der Waals surface area contributed by atoms with Crippen molar-refractivity contribution in [1.82, 2.24) is 10.2 Å². The number of nitrogens with zero attached hydrogens (tertiary/aromatic N) is 1. The normalized spacial score (nSPS) is 12.9. The summed E-state index contributed by atoms with van der Waals surface area (Å²) < 4.78 is 0. The zero-order valence-corrected chi connectivity index (χ0v) is 14.7. The van der Waals surface area contributed by atoms with Gasteiger partial charge < -0.3 is 10.4 Å². The van der Waals surface area contributed by atoms with Gasteiger partial charge in [-0.3, -0.25) is 4.90 Å². The zero-order valence-electron chi connectivity index (χ0n) is 14.7. The number of aliphatic hydroxyl groups excluding tert-OH is 1. The lowest BCUT2D eigenvalue weighted by molar-refractivity contribution is 0.0746. The Morgan fingerprint density at radius 2 is 1.60 bits per heavy atom. The van der Waals surface area contributed by atoms with Crippen molar-refractivity contribution in [2.75, 3.05) is 26.2 Å². The van der Waals surface area contributed by atoms with Crippen molar-refractivity contribution in [3.05, 3.63) is 0 Å². The summed E-state index contributed by atoms with van der Waals surface area (Å²) in [4.78, 5) is 2.51. The highest BCUT2D eigenvalue weighted by Gasteiger charge is 2.30. The van der Waals surface area contributed by atoms with E-state index in [4.69, 9.17) is 0 Å². The van der Waals surface area contributed by atoms with Crippen LogP contribution in [0.2, 0.25) is 0 Å². The average molecular weight is 287 g/mol. The maximum Gasteiger partial charge on any atom is 0.0558 e. The minimum Gasteiger partial charge on any atom is -0.395 e. The standard InChI is InChI=1S/C17H38N2O/c1-7-16(8-2)19(11-12-20)14-17(9-3,10-4)13-18-15(5)6/h15-16,18,20H,7-14H2,1-6H3. The van der Waals surface area contributed by atoms with Crippen molar-refractivity contribution < 1.29 is 5.11 Å². The van der Waals surface area contributed by atoms with Gasteiger partial charge in [-0.05, 0) is 31.1 Å². The molecule has 20 heavy (non-hydrogen) atoms. The van der Waals surface area contributed by atoms with Crippen molar-refractivity contribution >= 4 is 0 Å². The first-order valence-electron chi connectivity index (χ1n) is 8.56. The molecule has 0 rings (SSSR count). The van der Waals surface area contributed by atoms with Crippen molar-refractivity contribution in [3.63, 3.8) is 0 Å². The van der Waals surface area contributed by atoms with Crippen LogP contribution in [0.3, 0.4) is 0 Å². The highest BCUT2D eigenvalue weighted by Crippen LogP contribution is 2.28. The molecule has 2 N–H and O–H groups in total. The second-order valence-corrected chi connectivity index (χ2v) is 6.41. The summed E-state index contributed by atoms with van der Waals surface area (Å²) in [6.07, 6.45) is 4.70. The van der Waals surface area contributed by atoms with E-state index in [0.29, 0.717) is 17.5 Å². The highest BCUT2D eigenvalue weighted by molar-refractivity contribution is 4.85. The molecule has 3 heteroatoms. The molecule has 0 heterocycles. The fraction of sp³-hybridized carbons (Fsp3) is 1.00. The number of aliphatic hydroxyl groups is 1. The summed E-state index contributed by atoms with van der Waals surface area (Å²) in [5.74, 6) is 0. The lowest BCUT2D eigenvalue weighted by Crippen LogP contribution is -2.49. The van der Waals surface area contributed by atoms with E-state index in [2.05, 4.69) is 51.8 Å². The lowest BCUT2D eigenvalue weighted by Gasteiger charge is -2.41. The molecule has 122 valence electrons. The van der Waals surface area contributed by atoms with Crippen LogP contribution >= 0.6 is 0 Å². The van der Waals surface area contributed by atoms with E-state index in [9.17, 15) is 5.11 Å². The zero-order chi connectivity index (χ0) is 15.6. The van der Waals surface area contributed by atoms with Crippen LogP contribution in [-0.2, 0) is 0 Å². The third kappa shape index (κ3) is 6.55. The summed E-state index contributed by atoms with van der Waals surface area (Å²) in [6.45, 7) is 16.8. The Morgan fingerprint density at radius 3 is 1.95 bits per heavy atom. The van der Waals surface area contributed by atoms with E-state index in [1.807, 2.05) is 0 Å². The molecule has 0 aromatic rings.